The van der Waals surface area contributed by atoms with Gasteiger partial charge in [0.05, 0.1) is 11.7 Å². The van der Waals surface area contributed by atoms with E-state index < -0.39 is 0 Å². The van der Waals surface area contributed by atoms with Crippen molar-refractivity contribution >= 4 is 0 Å². The summed E-state index contributed by atoms with van der Waals surface area (Å²) in [7, 11) is 1.93. The summed E-state index contributed by atoms with van der Waals surface area (Å²) >= 11 is 0. The molecule has 2 aromatic carbocycles. The molecular weight excluding hydrogens is 398 g/mol. The predicted octanol–water partition coefficient (Wildman–Crippen LogP) is 5.95. The summed E-state index contributed by atoms with van der Waals surface area (Å²) in [6.07, 6.45) is 2.62. The molecule has 0 amide bonds. The molecule has 1 atom stereocenters. The summed E-state index contributed by atoms with van der Waals surface area (Å²) in [5, 5.41) is 15.4. The van der Waals surface area contributed by atoms with Gasteiger partial charge in [-0.2, -0.15) is 5.10 Å². The van der Waals surface area contributed by atoms with Crippen molar-refractivity contribution in [1.82, 2.24) is 14.7 Å². The normalized spacial score (nSPS) is 12.5. The number of rotatable bonds is 11. The summed E-state index contributed by atoms with van der Waals surface area (Å²) in [4.78, 5) is 2.31. The Labute approximate surface area is 192 Å². The van der Waals surface area contributed by atoms with E-state index in [0.29, 0.717) is 13.1 Å². The van der Waals surface area contributed by atoms with Crippen LogP contribution in [0.3, 0.4) is 0 Å². The van der Waals surface area contributed by atoms with Gasteiger partial charge in [-0.3, -0.25) is 4.90 Å². The highest BCUT2D eigenvalue weighted by atomic mass is 16.5. The molecule has 0 saturated carbocycles. The van der Waals surface area contributed by atoms with Crippen molar-refractivity contribution < 1.29 is 9.84 Å². The molecule has 5 heteroatoms. The van der Waals surface area contributed by atoms with Crippen LogP contribution in [0.2, 0.25) is 0 Å². The summed E-state index contributed by atoms with van der Waals surface area (Å²) in [5.74, 6) is 1.53. The molecule has 0 aliphatic rings. The standard InChI is InChI=1S/C27H37N3O2/c1-6-7-13-23(31)18-30(20(2)3)19-25-26(22-11-9-8-10-12-22)28-29(5)27(25)32-24-16-14-21(4)15-17-24/h8-12,14-17,20,23,31H,6-7,13,18-19H2,1-5H3/t23-/m1/s1. The maximum Gasteiger partial charge on any atom is 0.222 e. The van der Waals surface area contributed by atoms with E-state index in [1.54, 1.807) is 0 Å². The van der Waals surface area contributed by atoms with Gasteiger partial charge in [-0.1, -0.05) is 67.8 Å². The Morgan fingerprint density at radius 2 is 1.75 bits per heavy atom. The molecule has 0 saturated heterocycles. The minimum Gasteiger partial charge on any atom is -0.439 e. The molecule has 0 radical (unpaired) electrons. The van der Waals surface area contributed by atoms with Gasteiger partial charge >= 0.3 is 0 Å². The highest BCUT2D eigenvalue weighted by Gasteiger charge is 2.24. The van der Waals surface area contributed by atoms with Crippen LogP contribution in [-0.2, 0) is 13.6 Å². The Morgan fingerprint density at radius 3 is 2.38 bits per heavy atom. The number of aromatic nitrogens is 2. The fourth-order valence-electron chi connectivity index (χ4n) is 3.83. The van der Waals surface area contributed by atoms with Crippen LogP contribution < -0.4 is 4.74 Å². The molecule has 0 unspecified atom stereocenters. The van der Waals surface area contributed by atoms with Gasteiger partial charge < -0.3 is 9.84 Å². The van der Waals surface area contributed by atoms with Crippen molar-refractivity contribution in [3.8, 4) is 22.9 Å². The van der Waals surface area contributed by atoms with Crippen LogP contribution in [-0.4, -0.2) is 38.5 Å². The monoisotopic (exact) mass is 435 g/mol. The molecule has 1 N–H and O–H groups in total. The van der Waals surface area contributed by atoms with Gasteiger partial charge in [-0.25, -0.2) is 4.68 Å². The lowest BCUT2D eigenvalue weighted by molar-refractivity contribution is 0.0829. The fraction of sp³-hybridized carbons (Fsp3) is 0.444. The number of ether oxygens (including phenoxy) is 1. The van der Waals surface area contributed by atoms with Crippen molar-refractivity contribution in [2.75, 3.05) is 6.54 Å². The fourth-order valence-corrected chi connectivity index (χ4v) is 3.83. The number of aliphatic hydroxyl groups excluding tert-OH is 1. The first kappa shape index (κ1) is 24.0. The van der Waals surface area contributed by atoms with Crippen LogP contribution in [0.15, 0.2) is 54.6 Å². The molecule has 1 heterocycles. The van der Waals surface area contributed by atoms with Crippen LogP contribution >= 0.6 is 0 Å². The topological polar surface area (TPSA) is 50.5 Å². The lowest BCUT2D eigenvalue weighted by atomic mass is 10.1. The predicted molar refractivity (Wildman–Crippen MR) is 131 cm³/mol. The zero-order valence-electron chi connectivity index (χ0n) is 20.1. The van der Waals surface area contributed by atoms with Crippen LogP contribution in [0.5, 0.6) is 11.6 Å². The lowest BCUT2D eigenvalue weighted by Crippen LogP contribution is -2.37. The Morgan fingerprint density at radius 1 is 1.06 bits per heavy atom. The van der Waals surface area contributed by atoms with Gasteiger partial charge in [0.2, 0.25) is 5.88 Å². The molecule has 0 aliphatic heterocycles. The second-order valence-corrected chi connectivity index (χ2v) is 8.86. The zero-order chi connectivity index (χ0) is 23.1. The average molecular weight is 436 g/mol. The van der Waals surface area contributed by atoms with E-state index in [0.717, 1.165) is 47.7 Å². The van der Waals surface area contributed by atoms with E-state index in [4.69, 9.17) is 9.84 Å². The van der Waals surface area contributed by atoms with E-state index in [9.17, 15) is 5.11 Å². The summed E-state index contributed by atoms with van der Waals surface area (Å²) < 4.78 is 8.18. The van der Waals surface area contributed by atoms with Gasteiger partial charge in [0.25, 0.3) is 0 Å². The lowest BCUT2D eigenvalue weighted by Gasteiger charge is -2.29. The number of aryl methyl sites for hydroxylation is 2. The number of nitrogens with zero attached hydrogens (tertiary/aromatic N) is 3. The minimum atomic E-state index is -0.337. The Bertz CT molecular complexity index is 965. The van der Waals surface area contributed by atoms with E-state index in [2.05, 4.69) is 44.7 Å². The maximum atomic E-state index is 10.6. The summed E-state index contributed by atoms with van der Waals surface area (Å²) in [6.45, 7) is 9.85. The molecule has 5 nitrogen and oxygen atoms in total. The van der Waals surface area contributed by atoms with Crippen LogP contribution in [0.4, 0.5) is 0 Å². The molecule has 0 aliphatic carbocycles. The van der Waals surface area contributed by atoms with Crippen molar-refractivity contribution in [3.05, 3.63) is 65.7 Å². The third-order valence-corrected chi connectivity index (χ3v) is 5.80. The Balaban J connectivity index is 1.97. The van der Waals surface area contributed by atoms with Crippen LogP contribution in [0.25, 0.3) is 11.3 Å². The largest absolute Gasteiger partial charge is 0.439 e. The third kappa shape index (κ3) is 6.21. The van der Waals surface area contributed by atoms with Crippen molar-refractivity contribution in [1.29, 1.82) is 0 Å². The average Bonchev–Trinajstić information content (AvgIpc) is 3.09. The third-order valence-electron chi connectivity index (χ3n) is 5.80. The summed E-state index contributed by atoms with van der Waals surface area (Å²) in [5.41, 5.74) is 4.21. The quantitative estimate of drug-likeness (QED) is 0.404. The number of benzene rings is 2. The second kappa shape index (κ2) is 11.3. The highest BCUT2D eigenvalue weighted by molar-refractivity contribution is 5.65. The van der Waals surface area contributed by atoms with Gasteiger partial charge in [-0.15, -0.1) is 0 Å². The smallest absolute Gasteiger partial charge is 0.222 e. The number of aliphatic hydroxyl groups is 1. The van der Waals surface area contributed by atoms with Gasteiger partial charge in [0.15, 0.2) is 0 Å². The molecule has 1 aromatic heterocycles. The Kier molecular flexibility index (Phi) is 8.48. The molecule has 0 bridgehead atoms. The molecule has 0 fully saturated rings. The number of unbranched alkanes of at least 4 members (excludes halogenated alkanes) is 1. The molecule has 0 spiro atoms. The molecular formula is C27H37N3O2. The zero-order valence-corrected chi connectivity index (χ0v) is 20.1. The van der Waals surface area contributed by atoms with Gasteiger partial charge in [0.1, 0.15) is 11.4 Å². The first-order chi connectivity index (χ1) is 15.4. The minimum absolute atomic E-state index is 0.280. The molecule has 172 valence electrons. The van der Waals surface area contributed by atoms with E-state index in [1.807, 2.05) is 54.2 Å². The number of hydrogen-bond acceptors (Lipinski definition) is 4. The first-order valence-corrected chi connectivity index (χ1v) is 11.7. The van der Waals surface area contributed by atoms with E-state index in [-0.39, 0.29) is 12.1 Å². The second-order valence-electron chi connectivity index (χ2n) is 8.86. The maximum absolute atomic E-state index is 10.6. The van der Waals surface area contributed by atoms with Crippen molar-refractivity contribution in [3.63, 3.8) is 0 Å². The first-order valence-electron chi connectivity index (χ1n) is 11.7. The summed E-state index contributed by atoms with van der Waals surface area (Å²) in [6, 6.07) is 18.6. The van der Waals surface area contributed by atoms with E-state index >= 15 is 0 Å². The van der Waals surface area contributed by atoms with Crippen LogP contribution in [0, 0.1) is 6.92 Å². The van der Waals surface area contributed by atoms with Crippen molar-refractivity contribution in [2.24, 2.45) is 7.05 Å². The Hall–Kier alpha value is -2.63. The van der Waals surface area contributed by atoms with Crippen LogP contribution in [0.1, 0.15) is 51.2 Å². The molecule has 3 aromatic rings. The van der Waals surface area contributed by atoms with Crippen molar-refractivity contribution in [2.45, 2.75) is 65.6 Å². The SMILES string of the molecule is CCCC[C@@H](O)CN(Cc1c(-c2ccccc2)nn(C)c1Oc1ccc(C)cc1)C(C)C. The van der Waals surface area contributed by atoms with E-state index in [1.165, 1.54) is 5.56 Å². The van der Waals surface area contributed by atoms with Gasteiger partial charge in [-0.05, 0) is 39.3 Å². The van der Waals surface area contributed by atoms with Gasteiger partial charge in [0, 0.05) is 31.7 Å². The highest BCUT2D eigenvalue weighted by Crippen LogP contribution is 2.34. The molecule has 32 heavy (non-hydrogen) atoms. The molecule has 3 rings (SSSR count). The number of hydrogen-bond donors (Lipinski definition) is 1.